The van der Waals surface area contributed by atoms with E-state index in [-0.39, 0.29) is 5.54 Å². The predicted octanol–water partition coefficient (Wildman–Crippen LogP) is 3.88. The monoisotopic (exact) mass is 212 g/mol. The summed E-state index contributed by atoms with van der Waals surface area (Å²) < 4.78 is 2.26. The topological polar surface area (TPSA) is 20.7 Å². The molecule has 0 atom stereocenters. The van der Waals surface area contributed by atoms with Crippen molar-refractivity contribution in [2.45, 2.75) is 26.3 Å². The quantitative estimate of drug-likeness (QED) is 0.584. The van der Waals surface area contributed by atoms with Gasteiger partial charge in [0, 0.05) is 34.2 Å². The number of aromatic amines is 1. The number of rotatable bonds is 0. The van der Waals surface area contributed by atoms with E-state index in [0.717, 1.165) is 0 Å². The largest absolute Gasteiger partial charge is 0.353 e. The van der Waals surface area contributed by atoms with E-state index in [0.29, 0.717) is 0 Å². The van der Waals surface area contributed by atoms with Crippen molar-refractivity contribution in [1.29, 1.82) is 0 Å². The van der Waals surface area contributed by atoms with E-state index in [4.69, 9.17) is 0 Å². The molecule has 2 aromatic heterocycles. The average Bonchev–Trinajstić information content (AvgIpc) is 2.72. The van der Waals surface area contributed by atoms with E-state index >= 15 is 0 Å². The van der Waals surface area contributed by atoms with Crippen LogP contribution in [0.15, 0.2) is 36.7 Å². The van der Waals surface area contributed by atoms with Crippen LogP contribution in [0.2, 0.25) is 0 Å². The first kappa shape index (κ1) is 9.52. The molecule has 2 heterocycles. The number of H-pyrrole nitrogens is 1. The van der Waals surface area contributed by atoms with E-state index in [9.17, 15) is 0 Å². The van der Waals surface area contributed by atoms with Crippen molar-refractivity contribution < 1.29 is 0 Å². The maximum absolute atomic E-state index is 3.45. The van der Waals surface area contributed by atoms with Crippen molar-refractivity contribution in [3.63, 3.8) is 0 Å². The van der Waals surface area contributed by atoms with Gasteiger partial charge in [0.25, 0.3) is 0 Å². The Morgan fingerprint density at radius 2 is 1.69 bits per heavy atom. The third-order valence-corrected chi connectivity index (χ3v) is 3.09. The van der Waals surface area contributed by atoms with E-state index in [1.54, 1.807) is 0 Å². The first-order valence-corrected chi connectivity index (χ1v) is 5.64. The predicted molar refractivity (Wildman–Crippen MR) is 68.8 cm³/mol. The van der Waals surface area contributed by atoms with Gasteiger partial charge < -0.3 is 9.55 Å². The molecule has 0 radical (unpaired) electrons. The van der Waals surface area contributed by atoms with Gasteiger partial charge in [0.05, 0.1) is 5.52 Å². The second-order valence-corrected chi connectivity index (χ2v) is 5.33. The molecule has 0 fully saturated rings. The Bertz CT molecular complexity index is 650. The molecule has 0 aliphatic carbocycles. The SMILES string of the molecule is CC(C)(C)n1cc2[nH]c3ccccc3c2c1. The highest BCUT2D eigenvalue weighted by Gasteiger charge is 2.14. The Morgan fingerprint density at radius 3 is 2.44 bits per heavy atom. The van der Waals surface area contributed by atoms with Gasteiger partial charge in [0.1, 0.15) is 0 Å². The minimum atomic E-state index is 0.140. The first-order valence-electron chi connectivity index (χ1n) is 5.64. The Hall–Kier alpha value is -1.70. The summed E-state index contributed by atoms with van der Waals surface area (Å²) in [6.45, 7) is 6.65. The van der Waals surface area contributed by atoms with Gasteiger partial charge in [-0.15, -0.1) is 0 Å². The van der Waals surface area contributed by atoms with Gasteiger partial charge in [-0.2, -0.15) is 0 Å². The van der Waals surface area contributed by atoms with Crippen LogP contribution in [-0.4, -0.2) is 9.55 Å². The third-order valence-electron chi connectivity index (χ3n) is 3.09. The van der Waals surface area contributed by atoms with Crippen LogP contribution >= 0.6 is 0 Å². The summed E-state index contributed by atoms with van der Waals surface area (Å²) in [6, 6.07) is 8.44. The number of aromatic nitrogens is 2. The second-order valence-electron chi connectivity index (χ2n) is 5.33. The molecule has 16 heavy (non-hydrogen) atoms. The van der Waals surface area contributed by atoms with Gasteiger partial charge in [-0.3, -0.25) is 0 Å². The minimum Gasteiger partial charge on any atom is -0.353 e. The molecule has 3 rings (SSSR count). The number of para-hydroxylation sites is 1. The van der Waals surface area contributed by atoms with Crippen LogP contribution in [0.1, 0.15) is 20.8 Å². The number of nitrogens with zero attached hydrogens (tertiary/aromatic N) is 1. The Morgan fingerprint density at radius 1 is 0.938 bits per heavy atom. The van der Waals surface area contributed by atoms with Crippen molar-refractivity contribution in [2.24, 2.45) is 0 Å². The molecule has 0 amide bonds. The number of nitrogens with one attached hydrogen (secondary N) is 1. The molecule has 82 valence electrons. The second kappa shape index (κ2) is 2.91. The summed E-state index contributed by atoms with van der Waals surface area (Å²) in [5.74, 6) is 0. The molecule has 0 saturated carbocycles. The summed E-state index contributed by atoms with van der Waals surface area (Å²) in [7, 11) is 0. The summed E-state index contributed by atoms with van der Waals surface area (Å²) in [5, 5.41) is 2.62. The van der Waals surface area contributed by atoms with Crippen molar-refractivity contribution in [3.05, 3.63) is 36.7 Å². The summed E-state index contributed by atoms with van der Waals surface area (Å²) in [4.78, 5) is 3.45. The standard InChI is InChI=1S/C14H16N2/c1-14(2,3)16-8-11-10-6-4-5-7-12(10)15-13(11)9-16/h4-9,15H,1-3H3. The van der Waals surface area contributed by atoms with Gasteiger partial charge in [0.15, 0.2) is 0 Å². The summed E-state index contributed by atoms with van der Waals surface area (Å²) in [6.07, 6.45) is 4.42. The molecule has 0 aliphatic rings. The zero-order valence-corrected chi connectivity index (χ0v) is 9.91. The average molecular weight is 212 g/mol. The highest BCUT2D eigenvalue weighted by atomic mass is 15.0. The Labute approximate surface area is 94.9 Å². The fraction of sp³-hybridized carbons (Fsp3) is 0.286. The molecule has 0 aliphatic heterocycles. The Balaban J connectivity index is 2.35. The molecule has 2 heteroatoms. The van der Waals surface area contributed by atoms with Gasteiger partial charge >= 0.3 is 0 Å². The van der Waals surface area contributed by atoms with Crippen LogP contribution in [0.25, 0.3) is 21.8 Å². The van der Waals surface area contributed by atoms with Gasteiger partial charge in [0.2, 0.25) is 0 Å². The smallest absolute Gasteiger partial charge is 0.0644 e. The number of fused-ring (bicyclic) bond motifs is 3. The van der Waals surface area contributed by atoms with E-state index in [1.165, 1.54) is 21.8 Å². The van der Waals surface area contributed by atoms with Gasteiger partial charge in [-0.05, 0) is 26.8 Å². The number of benzene rings is 1. The summed E-state index contributed by atoms with van der Waals surface area (Å²) >= 11 is 0. The van der Waals surface area contributed by atoms with Crippen LogP contribution in [0.4, 0.5) is 0 Å². The van der Waals surface area contributed by atoms with Crippen molar-refractivity contribution in [3.8, 4) is 0 Å². The van der Waals surface area contributed by atoms with E-state index < -0.39 is 0 Å². The summed E-state index contributed by atoms with van der Waals surface area (Å²) in [5.41, 5.74) is 2.57. The molecule has 0 bridgehead atoms. The molecule has 0 unspecified atom stereocenters. The lowest BCUT2D eigenvalue weighted by atomic mass is 10.1. The van der Waals surface area contributed by atoms with Crippen molar-refractivity contribution in [2.75, 3.05) is 0 Å². The van der Waals surface area contributed by atoms with Crippen LogP contribution in [0.3, 0.4) is 0 Å². The fourth-order valence-electron chi connectivity index (χ4n) is 2.13. The molecule has 2 nitrogen and oxygen atoms in total. The maximum Gasteiger partial charge on any atom is 0.0644 e. The van der Waals surface area contributed by atoms with E-state index in [1.807, 2.05) is 0 Å². The van der Waals surface area contributed by atoms with Crippen LogP contribution in [-0.2, 0) is 5.54 Å². The number of hydrogen-bond donors (Lipinski definition) is 1. The van der Waals surface area contributed by atoms with Crippen LogP contribution < -0.4 is 0 Å². The van der Waals surface area contributed by atoms with Crippen LogP contribution in [0.5, 0.6) is 0 Å². The molecule has 3 aromatic rings. The van der Waals surface area contributed by atoms with E-state index in [2.05, 4.69) is 67.0 Å². The Kier molecular flexibility index (Phi) is 1.73. The number of hydrogen-bond acceptors (Lipinski definition) is 0. The zero-order valence-electron chi connectivity index (χ0n) is 9.91. The first-order chi connectivity index (χ1) is 7.55. The fourth-order valence-corrected chi connectivity index (χ4v) is 2.13. The highest BCUT2D eigenvalue weighted by Crippen LogP contribution is 2.28. The van der Waals surface area contributed by atoms with Crippen molar-refractivity contribution >= 4 is 21.8 Å². The highest BCUT2D eigenvalue weighted by molar-refractivity contribution is 6.07. The maximum atomic E-state index is 3.45. The van der Waals surface area contributed by atoms with Crippen molar-refractivity contribution in [1.82, 2.24) is 9.55 Å². The molecular weight excluding hydrogens is 196 g/mol. The molecule has 1 N–H and O–H groups in total. The zero-order chi connectivity index (χ0) is 11.3. The van der Waals surface area contributed by atoms with Gasteiger partial charge in [-0.1, -0.05) is 18.2 Å². The normalized spacial score (nSPS) is 12.7. The molecule has 1 aromatic carbocycles. The van der Waals surface area contributed by atoms with Crippen LogP contribution in [0, 0.1) is 0 Å². The molecule has 0 saturated heterocycles. The lowest BCUT2D eigenvalue weighted by molar-refractivity contribution is 0.399. The lowest BCUT2D eigenvalue weighted by Gasteiger charge is -2.20. The minimum absolute atomic E-state index is 0.140. The molecule has 0 spiro atoms. The molecular formula is C14H16N2. The third kappa shape index (κ3) is 1.26. The lowest BCUT2D eigenvalue weighted by Crippen LogP contribution is -2.19. The van der Waals surface area contributed by atoms with Gasteiger partial charge in [-0.25, -0.2) is 0 Å².